The van der Waals surface area contributed by atoms with E-state index in [1.54, 1.807) is 19.0 Å². The molecule has 4 heteroatoms. The van der Waals surface area contributed by atoms with Crippen molar-refractivity contribution in [3.63, 3.8) is 0 Å². The van der Waals surface area contributed by atoms with Crippen molar-refractivity contribution in [1.82, 2.24) is 10.2 Å². The molecule has 92 valence electrons. The molecule has 0 aromatic rings. The number of hydrogen-bond donors (Lipinski definition) is 1. The minimum Gasteiger partial charge on any atom is -0.375 e. The number of nitrogens with zero attached hydrogens (tertiary/aromatic N) is 1. The molecule has 1 saturated carbocycles. The Kier molecular flexibility index (Phi) is 3.50. The lowest BCUT2D eigenvalue weighted by Crippen LogP contribution is -2.52. The highest BCUT2D eigenvalue weighted by Crippen LogP contribution is 2.42. The van der Waals surface area contributed by atoms with Gasteiger partial charge in [-0.3, -0.25) is 4.79 Å². The van der Waals surface area contributed by atoms with Crippen LogP contribution < -0.4 is 5.32 Å². The van der Waals surface area contributed by atoms with E-state index in [0.29, 0.717) is 12.6 Å². The molecule has 4 nitrogen and oxygen atoms in total. The summed E-state index contributed by atoms with van der Waals surface area (Å²) in [5, 5.41) is 3.35. The first-order chi connectivity index (χ1) is 7.61. The average Bonchev–Trinajstić information content (AvgIpc) is 2.24. The Bertz CT molecular complexity index is 262. The van der Waals surface area contributed by atoms with Crippen molar-refractivity contribution >= 4 is 5.91 Å². The summed E-state index contributed by atoms with van der Waals surface area (Å²) in [5.74, 6) is 0.147. The molecule has 1 aliphatic carbocycles. The van der Waals surface area contributed by atoms with E-state index >= 15 is 0 Å². The van der Waals surface area contributed by atoms with Crippen LogP contribution in [-0.2, 0) is 9.53 Å². The van der Waals surface area contributed by atoms with Crippen LogP contribution in [0.3, 0.4) is 0 Å². The molecule has 0 bridgehead atoms. The molecule has 1 N–H and O–H groups in total. The molecule has 1 heterocycles. The van der Waals surface area contributed by atoms with E-state index in [1.807, 2.05) is 0 Å². The van der Waals surface area contributed by atoms with E-state index in [-0.39, 0.29) is 11.5 Å². The molecule has 1 amide bonds. The smallest absolute Gasteiger partial charge is 0.236 e. The fraction of sp³-hybridized carbons (Fsp3) is 0.917. The fourth-order valence-corrected chi connectivity index (χ4v) is 2.51. The molecule has 2 aliphatic rings. The van der Waals surface area contributed by atoms with Gasteiger partial charge >= 0.3 is 0 Å². The van der Waals surface area contributed by atoms with Gasteiger partial charge in [0, 0.05) is 26.7 Å². The second-order valence-electron chi connectivity index (χ2n) is 5.24. The monoisotopic (exact) mass is 226 g/mol. The third-order valence-corrected chi connectivity index (χ3v) is 3.80. The first-order valence-corrected chi connectivity index (χ1v) is 6.19. The molecule has 1 saturated heterocycles. The summed E-state index contributed by atoms with van der Waals surface area (Å²) >= 11 is 0. The molecule has 16 heavy (non-hydrogen) atoms. The lowest BCUT2D eigenvalue weighted by molar-refractivity contribution is -0.138. The third-order valence-electron chi connectivity index (χ3n) is 3.80. The van der Waals surface area contributed by atoms with Crippen molar-refractivity contribution in [2.75, 3.05) is 27.2 Å². The van der Waals surface area contributed by atoms with Crippen LogP contribution in [0, 0.1) is 0 Å². The van der Waals surface area contributed by atoms with E-state index in [1.165, 1.54) is 19.3 Å². The van der Waals surface area contributed by atoms with Crippen LogP contribution in [0.15, 0.2) is 0 Å². The van der Waals surface area contributed by atoms with Crippen LogP contribution in [0.25, 0.3) is 0 Å². The van der Waals surface area contributed by atoms with Gasteiger partial charge in [-0.25, -0.2) is 0 Å². The highest BCUT2D eigenvalue weighted by Gasteiger charge is 2.42. The third kappa shape index (κ3) is 2.55. The van der Waals surface area contributed by atoms with Gasteiger partial charge in [-0.1, -0.05) is 0 Å². The number of hydrogen-bond acceptors (Lipinski definition) is 3. The lowest BCUT2D eigenvalue weighted by atomic mass is 9.74. The molecule has 0 radical (unpaired) electrons. The topological polar surface area (TPSA) is 41.6 Å². The molecule has 1 spiro atoms. The summed E-state index contributed by atoms with van der Waals surface area (Å²) < 4.78 is 5.85. The Morgan fingerprint density at radius 2 is 2.25 bits per heavy atom. The Hall–Kier alpha value is -0.610. The molecule has 2 fully saturated rings. The average molecular weight is 226 g/mol. The van der Waals surface area contributed by atoms with Crippen molar-refractivity contribution in [2.24, 2.45) is 0 Å². The van der Waals surface area contributed by atoms with Crippen molar-refractivity contribution < 1.29 is 9.53 Å². The van der Waals surface area contributed by atoms with Crippen LogP contribution >= 0.6 is 0 Å². The zero-order valence-electron chi connectivity index (χ0n) is 10.3. The van der Waals surface area contributed by atoms with Crippen molar-refractivity contribution in [3.05, 3.63) is 0 Å². The molecule has 2 rings (SSSR count). The highest BCUT2D eigenvalue weighted by molar-refractivity contribution is 5.77. The van der Waals surface area contributed by atoms with Crippen LogP contribution in [0.5, 0.6) is 0 Å². The molecular weight excluding hydrogens is 204 g/mol. The fourth-order valence-electron chi connectivity index (χ4n) is 2.51. The lowest BCUT2D eigenvalue weighted by Gasteiger charge is -2.47. The molecule has 1 unspecified atom stereocenters. The summed E-state index contributed by atoms with van der Waals surface area (Å²) in [6.45, 7) is 1.29. The van der Waals surface area contributed by atoms with Gasteiger partial charge in [-0.15, -0.1) is 0 Å². The minimum absolute atomic E-state index is 0.147. The van der Waals surface area contributed by atoms with Crippen molar-refractivity contribution in [3.8, 4) is 0 Å². The number of nitrogens with one attached hydrogen (secondary N) is 1. The van der Waals surface area contributed by atoms with E-state index in [0.717, 1.165) is 19.4 Å². The van der Waals surface area contributed by atoms with Crippen LogP contribution in [0.2, 0.25) is 0 Å². The summed E-state index contributed by atoms with van der Waals surface area (Å²) in [4.78, 5) is 13.1. The number of carbonyl (C=O) groups is 1. The second-order valence-corrected chi connectivity index (χ2v) is 5.24. The summed E-state index contributed by atoms with van der Waals surface area (Å²) in [6, 6.07) is 0.456. The zero-order valence-corrected chi connectivity index (χ0v) is 10.3. The molecule has 1 aliphatic heterocycles. The van der Waals surface area contributed by atoms with Gasteiger partial charge in [0.2, 0.25) is 5.91 Å². The van der Waals surface area contributed by atoms with Crippen LogP contribution in [-0.4, -0.2) is 49.7 Å². The van der Waals surface area contributed by atoms with E-state index < -0.39 is 0 Å². The first-order valence-electron chi connectivity index (χ1n) is 6.19. The van der Waals surface area contributed by atoms with Crippen LogP contribution in [0.1, 0.15) is 32.1 Å². The Labute approximate surface area is 97.3 Å². The standard InChI is InChI=1S/C12H22N2O2/c1-14(2)11(15)9-13-10-4-7-16-12(8-10)5-3-6-12/h10,13H,3-9H2,1-2H3. The summed E-state index contributed by atoms with van der Waals surface area (Å²) in [6.07, 6.45) is 5.80. The number of ether oxygens (including phenoxy) is 1. The van der Waals surface area contributed by atoms with Gasteiger partial charge in [0.1, 0.15) is 0 Å². The molecular formula is C12H22N2O2. The van der Waals surface area contributed by atoms with Gasteiger partial charge in [0.15, 0.2) is 0 Å². The van der Waals surface area contributed by atoms with Gasteiger partial charge in [-0.2, -0.15) is 0 Å². The maximum atomic E-state index is 11.5. The molecule has 0 aromatic heterocycles. The number of rotatable bonds is 3. The number of likely N-dealkylation sites (N-methyl/N-ethyl adjacent to an activating group) is 1. The number of carbonyl (C=O) groups excluding carboxylic acids is 1. The number of amides is 1. The Balaban J connectivity index is 1.75. The van der Waals surface area contributed by atoms with Gasteiger partial charge in [0.25, 0.3) is 0 Å². The molecule has 1 atom stereocenters. The van der Waals surface area contributed by atoms with Gasteiger partial charge in [0.05, 0.1) is 12.1 Å². The van der Waals surface area contributed by atoms with Crippen molar-refractivity contribution in [1.29, 1.82) is 0 Å². The molecule has 0 aromatic carbocycles. The first kappa shape index (κ1) is 11.9. The van der Waals surface area contributed by atoms with E-state index in [2.05, 4.69) is 5.32 Å². The minimum atomic E-state index is 0.147. The summed E-state index contributed by atoms with van der Waals surface area (Å²) in [7, 11) is 3.59. The maximum Gasteiger partial charge on any atom is 0.236 e. The van der Waals surface area contributed by atoms with Gasteiger partial charge in [-0.05, 0) is 32.1 Å². The normalized spacial score (nSPS) is 27.5. The zero-order chi connectivity index (χ0) is 11.6. The maximum absolute atomic E-state index is 11.5. The van der Waals surface area contributed by atoms with E-state index in [9.17, 15) is 4.79 Å². The van der Waals surface area contributed by atoms with E-state index in [4.69, 9.17) is 4.74 Å². The largest absolute Gasteiger partial charge is 0.375 e. The predicted molar refractivity (Wildman–Crippen MR) is 62.3 cm³/mol. The van der Waals surface area contributed by atoms with Crippen molar-refractivity contribution in [2.45, 2.75) is 43.7 Å². The van der Waals surface area contributed by atoms with Crippen LogP contribution in [0.4, 0.5) is 0 Å². The SMILES string of the molecule is CN(C)C(=O)CNC1CCOC2(CCC2)C1. The quantitative estimate of drug-likeness (QED) is 0.772. The summed E-state index contributed by atoms with van der Waals surface area (Å²) in [5.41, 5.74) is 0.164. The van der Waals surface area contributed by atoms with Gasteiger partial charge < -0.3 is 15.0 Å². The highest BCUT2D eigenvalue weighted by atomic mass is 16.5. The Morgan fingerprint density at radius 1 is 1.50 bits per heavy atom. The second kappa shape index (κ2) is 4.72. The Morgan fingerprint density at radius 3 is 2.81 bits per heavy atom. The predicted octanol–water partition coefficient (Wildman–Crippen LogP) is 0.766.